The van der Waals surface area contributed by atoms with Gasteiger partial charge in [0.2, 0.25) is 0 Å². The normalized spacial score (nSPS) is 11.4. The number of hydrogen-bond acceptors (Lipinski definition) is 2. The summed E-state index contributed by atoms with van der Waals surface area (Å²) in [7, 11) is 0. The third-order valence-electron chi connectivity index (χ3n) is 1.69. The summed E-state index contributed by atoms with van der Waals surface area (Å²) in [4.78, 5) is 0. The molecule has 0 unspecified atom stereocenters. The van der Waals surface area contributed by atoms with Crippen LogP contribution >= 0.6 is 0 Å². The first-order valence-electron chi connectivity index (χ1n) is 4.05. The minimum Gasteiger partial charge on any atom is -0.269 e. The lowest BCUT2D eigenvalue weighted by molar-refractivity contribution is -0.142. The Morgan fingerprint density at radius 2 is 2.13 bits per heavy atom. The highest BCUT2D eigenvalue weighted by Crippen LogP contribution is 2.30. The van der Waals surface area contributed by atoms with E-state index in [1.165, 1.54) is 0 Å². The topological polar surface area (TPSA) is 41.6 Å². The molecule has 1 rings (SSSR count). The highest BCUT2D eigenvalue weighted by Gasteiger charge is 2.36. The molecule has 1 aromatic heterocycles. The van der Waals surface area contributed by atoms with Crippen LogP contribution in [0.4, 0.5) is 17.6 Å². The van der Waals surface area contributed by atoms with Gasteiger partial charge in [0, 0.05) is 11.8 Å². The Balaban J connectivity index is 3.07. The van der Waals surface area contributed by atoms with Crippen LogP contribution in [0.1, 0.15) is 11.3 Å². The lowest BCUT2D eigenvalue weighted by Gasteiger charge is -2.02. The van der Waals surface area contributed by atoms with Crippen LogP contribution in [0.2, 0.25) is 0 Å². The molecule has 0 aromatic carbocycles. The fraction of sp³-hybridized carbons (Fsp3) is 0.500. The summed E-state index contributed by atoms with van der Waals surface area (Å²) in [5, 5.41) is 11.5. The molecule has 0 fully saturated rings. The molecule has 0 aliphatic carbocycles. The Hall–Kier alpha value is -1.58. The third-order valence-corrected chi connectivity index (χ3v) is 1.69. The van der Waals surface area contributed by atoms with Crippen molar-refractivity contribution in [3.05, 3.63) is 17.5 Å². The molecule has 0 amide bonds. The molecule has 82 valence electrons. The average molecular weight is 221 g/mol. The van der Waals surface area contributed by atoms with E-state index in [0.29, 0.717) is 0 Å². The van der Waals surface area contributed by atoms with Crippen LogP contribution in [0.15, 0.2) is 6.20 Å². The van der Waals surface area contributed by atoms with Crippen molar-refractivity contribution < 1.29 is 17.6 Å². The zero-order valence-corrected chi connectivity index (χ0v) is 7.55. The monoisotopic (exact) mass is 221 g/mol. The minimum atomic E-state index is -4.60. The van der Waals surface area contributed by atoms with E-state index in [1.807, 2.05) is 0 Å². The summed E-state index contributed by atoms with van der Waals surface area (Å²) in [6.45, 7) is -1.04. The maximum absolute atomic E-state index is 12.3. The molecule has 0 N–H and O–H groups in total. The first-order valence-corrected chi connectivity index (χ1v) is 4.05. The van der Waals surface area contributed by atoms with Crippen molar-refractivity contribution in [2.75, 3.05) is 6.67 Å². The predicted molar refractivity (Wildman–Crippen MR) is 42.5 cm³/mol. The van der Waals surface area contributed by atoms with Crippen molar-refractivity contribution in [2.24, 2.45) is 0 Å². The van der Waals surface area contributed by atoms with Crippen LogP contribution < -0.4 is 0 Å². The number of halogens is 4. The Labute approximate surface area is 82.9 Å². The molecule has 0 saturated heterocycles. The summed E-state index contributed by atoms with van der Waals surface area (Å²) in [6.07, 6.45) is -3.94. The smallest absolute Gasteiger partial charge is 0.269 e. The minimum absolute atomic E-state index is 0.224. The van der Waals surface area contributed by atoms with Gasteiger partial charge in [-0.1, -0.05) is 0 Å². The van der Waals surface area contributed by atoms with Gasteiger partial charge in [0.1, 0.15) is 6.67 Å². The van der Waals surface area contributed by atoms with E-state index in [4.69, 9.17) is 5.26 Å². The number of alkyl halides is 4. The zero-order chi connectivity index (χ0) is 11.5. The molecule has 0 bridgehead atoms. The van der Waals surface area contributed by atoms with E-state index in [1.54, 1.807) is 6.07 Å². The SMILES string of the molecule is N#CCc1cn(CCF)nc1C(F)(F)F. The van der Waals surface area contributed by atoms with Gasteiger partial charge in [-0.05, 0) is 0 Å². The standard InChI is InChI=1S/C8H7F4N3/c9-2-4-15-5-6(1-3-13)7(14-15)8(10,11)12/h5H,1-2,4H2. The first-order chi connectivity index (χ1) is 6.99. The van der Waals surface area contributed by atoms with Gasteiger partial charge in [-0.2, -0.15) is 23.5 Å². The van der Waals surface area contributed by atoms with Crippen LogP contribution in [0, 0.1) is 11.3 Å². The predicted octanol–water partition coefficient (Wildman–Crippen LogP) is 1.94. The van der Waals surface area contributed by atoms with E-state index in [-0.39, 0.29) is 18.5 Å². The van der Waals surface area contributed by atoms with Crippen LogP contribution in [0.25, 0.3) is 0 Å². The van der Waals surface area contributed by atoms with Crippen LogP contribution in [-0.4, -0.2) is 16.5 Å². The molecule has 0 spiro atoms. The number of nitrogens with zero attached hydrogens (tertiary/aromatic N) is 3. The quantitative estimate of drug-likeness (QED) is 0.732. The second-order valence-electron chi connectivity index (χ2n) is 2.79. The number of aryl methyl sites for hydroxylation is 1. The molecule has 1 aromatic rings. The van der Waals surface area contributed by atoms with Gasteiger partial charge in [-0.15, -0.1) is 0 Å². The van der Waals surface area contributed by atoms with Gasteiger partial charge in [-0.25, -0.2) is 4.39 Å². The molecular weight excluding hydrogens is 214 g/mol. The molecule has 3 nitrogen and oxygen atoms in total. The molecule has 7 heteroatoms. The summed E-state index contributed by atoms with van der Waals surface area (Å²) in [5.74, 6) is 0. The Kier molecular flexibility index (Phi) is 3.29. The summed E-state index contributed by atoms with van der Waals surface area (Å²) in [6, 6.07) is 1.60. The van der Waals surface area contributed by atoms with Gasteiger partial charge < -0.3 is 0 Å². The molecule has 0 aliphatic rings. The highest BCUT2D eigenvalue weighted by molar-refractivity contribution is 5.23. The molecular formula is C8H7F4N3. The lowest BCUT2D eigenvalue weighted by Crippen LogP contribution is -2.10. The highest BCUT2D eigenvalue weighted by atomic mass is 19.4. The van der Waals surface area contributed by atoms with Gasteiger partial charge in [0.15, 0.2) is 5.69 Å². The lowest BCUT2D eigenvalue weighted by atomic mass is 10.2. The second kappa shape index (κ2) is 4.29. The van der Waals surface area contributed by atoms with Crippen LogP contribution in [0.5, 0.6) is 0 Å². The summed E-state index contributed by atoms with van der Waals surface area (Å²) >= 11 is 0. The maximum atomic E-state index is 12.3. The number of nitriles is 1. The largest absolute Gasteiger partial charge is 0.435 e. The fourth-order valence-electron chi connectivity index (χ4n) is 1.12. The van der Waals surface area contributed by atoms with Crippen LogP contribution in [0.3, 0.4) is 0 Å². The van der Waals surface area contributed by atoms with Crippen LogP contribution in [-0.2, 0) is 19.1 Å². The average Bonchev–Trinajstić information content (AvgIpc) is 2.49. The summed E-state index contributed by atoms with van der Waals surface area (Å²) in [5.41, 5.74) is -1.34. The van der Waals surface area contributed by atoms with Gasteiger partial charge in [0.05, 0.1) is 19.0 Å². The Morgan fingerprint density at radius 1 is 1.47 bits per heavy atom. The molecule has 0 atom stereocenters. The van der Waals surface area contributed by atoms with E-state index >= 15 is 0 Å². The van der Waals surface area contributed by atoms with Crippen molar-refractivity contribution in [3.8, 4) is 6.07 Å². The van der Waals surface area contributed by atoms with E-state index in [9.17, 15) is 17.6 Å². The van der Waals surface area contributed by atoms with Gasteiger partial charge in [-0.3, -0.25) is 4.68 Å². The van der Waals surface area contributed by atoms with E-state index < -0.39 is 18.5 Å². The number of rotatable bonds is 3. The first kappa shape index (κ1) is 11.5. The summed E-state index contributed by atoms with van der Waals surface area (Å²) < 4.78 is 49.8. The Morgan fingerprint density at radius 3 is 2.60 bits per heavy atom. The number of hydrogen-bond donors (Lipinski definition) is 0. The van der Waals surface area contributed by atoms with Crippen molar-refractivity contribution in [2.45, 2.75) is 19.1 Å². The van der Waals surface area contributed by atoms with Crippen molar-refractivity contribution in [1.29, 1.82) is 5.26 Å². The fourth-order valence-corrected chi connectivity index (χ4v) is 1.12. The molecule has 15 heavy (non-hydrogen) atoms. The third kappa shape index (κ3) is 2.68. The Bertz CT molecular complexity index is 374. The molecule has 1 heterocycles. The molecule has 0 saturated carbocycles. The molecule has 0 aliphatic heterocycles. The second-order valence-corrected chi connectivity index (χ2v) is 2.79. The van der Waals surface area contributed by atoms with Crippen molar-refractivity contribution in [3.63, 3.8) is 0 Å². The van der Waals surface area contributed by atoms with E-state index in [0.717, 1.165) is 10.9 Å². The van der Waals surface area contributed by atoms with Gasteiger partial charge in [0.25, 0.3) is 0 Å². The van der Waals surface area contributed by atoms with Crippen molar-refractivity contribution >= 4 is 0 Å². The maximum Gasteiger partial charge on any atom is 0.435 e. The van der Waals surface area contributed by atoms with E-state index in [2.05, 4.69) is 5.10 Å². The zero-order valence-electron chi connectivity index (χ0n) is 7.55. The molecule has 0 radical (unpaired) electrons. The van der Waals surface area contributed by atoms with Gasteiger partial charge >= 0.3 is 6.18 Å². The number of aromatic nitrogens is 2. The van der Waals surface area contributed by atoms with Crippen molar-refractivity contribution in [1.82, 2.24) is 9.78 Å².